The Morgan fingerprint density at radius 3 is 2.23 bits per heavy atom. The van der Waals surface area contributed by atoms with Crippen LogP contribution in [0.25, 0.3) is 0 Å². The second-order valence-corrected chi connectivity index (χ2v) is 9.83. The number of carbonyl (C=O) groups excluding carboxylic acids is 1. The highest BCUT2D eigenvalue weighted by Gasteiger charge is 2.41. The number of esters is 1. The van der Waals surface area contributed by atoms with E-state index in [9.17, 15) is 13.2 Å². The fourth-order valence-corrected chi connectivity index (χ4v) is 5.92. The van der Waals surface area contributed by atoms with Crippen LogP contribution in [0.5, 0.6) is 0 Å². The third kappa shape index (κ3) is 4.36. The summed E-state index contributed by atoms with van der Waals surface area (Å²) in [5, 5.41) is 11.0. The lowest BCUT2D eigenvalue weighted by Crippen LogP contribution is -2.51. The number of rotatable bonds is 5. The van der Waals surface area contributed by atoms with E-state index in [1.807, 2.05) is 17.0 Å². The number of hydrogen-bond acceptors (Lipinski definition) is 10. The summed E-state index contributed by atoms with van der Waals surface area (Å²) < 4.78 is 37.5. The van der Waals surface area contributed by atoms with Gasteiger partial charge in [0.25, 0.3) is 0 Å². The quantitative estimate of drug-likeness (QED) is 0.552. The first-order valence-corrected chi connectivity index (χ1v) is 11.7. The molecule has 0 saturated carbocycles. The SMILES string of the molecule is COC(=O)C1CC(S(=O)(=O)N2CCN(c3ccc(N4CCOCC4)nn3)CC2)CN1. The average molecular weight is 441 g/mol. The van der Waals surface area contributed by atoms with Gasteiger partial charge in [0.2, 0.25) is 10.0 Å². The van der Waals surface area contributed by atoms with Gasteiger partial charge >= 0.3 is 5.97 Å². The standard InChI is InChI=1S/C18H28N6O5S/c1-28-18(25)15-12-14(13-19-15)30(26,27)24-6-4-22(5-7-24)16-2-3-17(21-20-16)23-8-10-29-11-9-23/h2-3,14-15,19H,4-13H2,1H3. The number of hydrogen-bond donors (Lipinski definition) is 1. The topological polar surface area (TPSA) is 117 Å². The zero-order valence-corrected chi connectivity index (χ0v) is 17.9. The van der Waals surface area contributed by atoms with Gasteiger partial charge < -0.3 is 24.6 Å². The highest BCUT2D eigenvalue weighted by molar-refractivity contribution is 7.89. The van der Waals surface area contributed by atoms with Gasteiger partial charge in [-0.25, -0.2) is 8.42 Å². The second kappa shape index (κ2) is 9.00. The Kier molecular flexibility index (Phi) is 6.37. The smallest absolute Gasteiger partial charge is 0.322 e. The number of carbonyl (C=O) groups is 1. The predicted octanol–water partition coefficient (Wildman–Crippen LogP) is -1.33. The van der Waals surface area contributed by atoms with E-state index in [0.29, 0.717) is 39.4 Å². The van der Waals surface area contributed by atoms with Crippen LogP contribution in [0, 0.1) is 0 Å². The number of methoxy groups -OCH3 is 1. The molecule has 12 heteroatoms. The molecule has 0 spiro atoms. The zero-order valence-electron chi connectivity index (χ0n) is 17.1. The van der Waals surface area contributed by atoms with Crippen LogP contribution in [0.1, 0.15) is 6.42 Å². The molecule has 3 saturated heterocycles. The van der Waals surface area contributed by atoms with Gasteiger partial charge in [-0.3, -0.25) is 4.79 Å². The molecule has 3 aliphatic heterocycles. The van der Waals surface area contributed by atoms with Gasteiger partial charge in [0.15, 0.2) is 11.6 Å². The maximum atomic E-state index is 13.0. The van der Waals surface area contributed by atoms with Crippen molar-refractivity contribution in [1.82, 2.24) is 19.8 Å². The molecule has 0 aliphatic carbocycles. The van der Waals surface area contributed by atoms with Crippen molar-refractivity contribution in [3.63, 3.8) is 0 Å². The average Bonchev–Trinajstić information content (AvgIpc) is 3.31. The largest absolute Gasteiger partial charge is 0.468 e. The first-order valence-electron chi connectivity index (χ1n) is 10.2. The lowest BCUT2D eigenvalue weighted by Gasteiger charge is -2.35. The number of anilines is 2. The number of sulfonamides is 1. The molecule has 0 amide bonds. The second-order valence-electron chi connectivity index (χ2n) is 7.62. The van der Waals surface area contributed by atoms with Crippen molar-refractivity contribution in [3.8, 4) is 0 Å². The van der Waals surface area contributed by atoms with Gasteiger partial charge in [-0.1, -0.05) is 0 Å². The van der Waals surface area contributed by atoms with Crippen LogP contribution < -0.4 is 15.1 Å². The molecule has 2 atom stereocenters. The van der Waals surface area contributed by atoms with Crippen molar-refractivity contribution in [2.45, 2.75) is 17.7 Å². The summed E-state index contributed by atoms with van der Waals surface area (Å²) in [7, 11) is -2.17. The molecule has 3 fully saturated rings. The molecule has 1 aromatic rings. The molecular weight excluding hydrogens is 412 g/mol. The fourth-order valence-electron chi connectivity index (χ4n) is 4.08. The van der Waals surface area contributed by atoms with Crippen LogP contribution in [-0.4, -0.2) is 106 Å². The molecule has 30 heavy (non-hydrogen) atoms. The Balaban J connectivity index is 1.33. The highest BCUT2D eigenvalue weighted by Crippen LogP contribution is 2.23. The molecule has 1 N–H and O–H groups in total. The van der Waals surface area contributed by atoms with Gasteiger partial charge in [0.05, 0.1) is 25.6 Å². The third-order valence-corrected chi connectivity index (χ3v) is 8.18. The number of morpholine rings is 1. The van der Waals surface area contributed by atoms with E-state index in [1.54, 1.807) is 0 Å². The number of nitrogens with zero attached hydrogens (tertiary/aromatic N) is 5. The Hall–Kier alpha value is -2.02. The lowest BCUT2D eigenvalue weighted by molar-refractivity contribution is -0.142. The van der Waals surface area contributed by atoms with Crippen molar-refractivity contribution in [3.05, 3.63) is 12.1 Å². The van der Waals surface area contributed by atoms with Crippen molar-refractivity contribution in [1.29, 1.82) is 0 Å². The van der Waals surface area contributed by atoms with E-state index in [-0.39, 0.29) is 13.0 Å². The zero-order chi connectivity index (χ0) is 21.1. The molecular formula is C18H28N6O5S. The van der Waals surface area contributed by atoms with Crippen molar-refractivity contribution >= 4 is 27.6 Å². The molecule has 4 rings (SSSR count). The normalized spacial score (nSPS) is 26.0. The van der Waals surface area contributed by atoms with E-state index in [2.05, 4.69) is 20.4 Å². The monoisotopic (exact) mass is 440 g/mol. The van der Waals surface area contributed by atoms with Crippen LogP contribution in [-0.2, 0) is 24.3 Å². The summed E-state index contributed by atoms with van der Waals surface area (Å²) in [6, 6.07) is 3.33. The minimum absolute atomic E-state index is 0.240. The fraction of sp³-hybridized carbons (Fsp3) is 0.722. The van der Waals surface area contributed by atoms with Gasteiger partial charge in [0, 0.05) is 45.8 Å². The number of aromatic nitrogens is 2. The Morgan fingerprint density at radius 2 is 1.67 bits per heavy atom. The first kappa shape index (κ1) is 21.2. The minimum atomic E-state index is -3.48. The Morgan fingerprint density at radius 1 is 1.07 bits per heavy atom. The predicted molar refractivity (Wildman–Crippen MR) is 110 cm³/mol. The maximum absolute atomic E-state index is 13.0. The summed E-state index contributed by atoms with van der Waals surface area (Å²) in [4.78, 5) is 15.9. The van der Waals surface area contributed by atoms with Gasteiger partial charge in [-0.15, -0.1) is 10.2 Å². The van der Waals surface area contributed by atoms with E-state index < -0.39 is 27.3 Å². The molecule has 3 aliphatic rings. The van der Waals surface area contributed by atoms with E-state index >= 15 is 0 Å². The molecule has 166 valence electrons. The molecule has 4 heterocycles. The summed E-state index contributed by atoms with van der Waals surface area (Å²) in [5.41, 5.74) is 0. The van der Waals surface area contributed by atoms with Crippen LogP contribution in [0.4, 0.5) is 11.6 Å². The summed E-state index contributed by atoms with van der Waals surface area (Å²) in [5.74, 6) is 1.16. The highest BCUT2D eigenvalue weighted by atomic mass is 32.2. The van der Waals surface area contributed by atoms with E-state index in [4.69, 9.17) is 9.47 Å². The van der Waals surface area contributed by atoms with E-state index in [1.165, 1.54) is 11.4 Å². The van der Waals surface area contributed by atoms with Gasteiger partial charge in [-0.05, 0) is 18.6 Å². The van der Waals surface area contributed by atoms with E-state index in [0.717, 1.165) is 24.7 Å². The first-order chi connectivity index (χ1) is 14.5. The summed E-state index contributed by atoms with van der Waals surface area (Å²) >= 11 is 0. The molecule has 0 radical (unpaired) electrons. The van der Waals surface area contributed by atoms with Crippen molar-refractivity contribution in [2.24, 2.45) is 0 Å². The lowest BCUT2D eigenvalue weighted by atomic mass is 10.2. The Bertz CT molecular complexity index is 837. The molecule has 2 unspecified atom stereocenters. The summed E-state index contributed by atoms with van der Waals surface area (Å²) in [6.07, 6.45) is 0.240. The number of ether oxygens (including phenoxy) is 2. The number of piperazine rings is 1. The molecule has 11 nitrogen and oxygen atoms in total. The Labute approximate surface area is 176 Å². The van der Waals surface area contributed by atoms with Crippen LogP contribution >= 0.6 is 0 Å². The third-order valence-electron chi connectivity index (χ3n) is 5.89. The molecule has 1 aromatic heterocycles. The van der Waals surface area contributed by atoms with Crippen LogP contribution in [0.3, 0.4) is 0 Å². The number of nitrogens with one attached hydrogen (secondary N) is 1. The summed E-state index contributed by atoms with van der Waals surface area (Å²) in [6.45, 7) is 5.11. The maximum Gasteiger partial charge on any atom is 0.322 e. The molecule has 0 bridgehead atoms. The molecule has 0 aromatic carbocycles. The van der Waals surface area contributed by atoms with Gasteiger partial charge in [-0.2, -0.15) is 4.31 Å². The minimum Gasteiger partial charge on any atom is -0.468 e. The van der Waals surface area contributed by atoms with Gasteiger partial charge in [0.1, 0.15) is 6.04 Å². The van der Waals surface area contributed by atoms with Crippen LogP contribution in [0.2, 0.25) is 0 Å². The van der Waals surface area contributed by atoms with Crippen molar-refractivity contribution in [2.75, 3.05) is 75.9 Å². The van der Waals surface area contributed by atoms with Crippen LogP contribution in [0.15, 0.2) is 12.1 Å². The van der Waals surface area contributed by atoms with Crippen molar-refractivity contribution < 1.29 is 22.7 Å².